The largest absolute Gasteiger partial charge is 0.462 e. The van der Waals surface area contributed by atoms with Gasteiger partial charge in [-0.05, 0) is 143 Å². The smallest absolute Gasteiger partial charge is 0.305 e. The molecule has 0 aromatic heterocycles. The molecule has 7 heteroatoms. The number of hydrogen-bond acceptors (Lipinski definition) is 5. The maximum atomic E-state index is 11.9. The second-order valence-corrected chi connectivity index (χ2v) is 16.1. The second kappa shape index (κ2) is 15.3. The molecule has 2 aromatic rings. The van der Waals surface area contributed by atoms with Gasteiger partial charge in [-0.1, -0.05) is 62.2 Å². The minimum atomic E-state index is -0.0411. The summed E-state index contributed by atoms with van der Waals surface area (Å²) in [6, 6.07) is 15.1. The van der Waals surface area contributed by atoms with Crippen molar-refractivity contribution in [3.05, 3.63) is 70.3 Å². The fraction of sp³-hybridized carbons (Fsp3) is 0.610. The molecule has 5 aliphatic rings. The average molecular weight is 696 g/mol. The van der Waals surface area contributed by atoms with Gasteiger partial charge in [-0.3, -0.25) is 9.59 Å². The number of esters is 1. The summed E-state index contributed by atoms with van der Waals surface area (Å²) in [6.07, 6.45) is 14.6. The number of anilines is 2. The fourth-order valence-corrected chi connectivity index (χ4v) is 10.3. The van der Waals surface area contributed by atoms with E-state index in [2.05, 4.69) is 74.1 Å². The summed E-state index contributed by atoms with van der Waals surface area (Å²) in [6.45, 7) is 8.80. The zero-order valence-electron chi connectivity index (χ0n) is 29.7. The number of nitrogens with zero attached hydrogens (tertiary/aromatic N) is 2. The van der Waals surface area contributed by atoms with E-state index in [1.165, 1.54) is 47.3 Å². The Morgan fingerprint density at radius 2 is 1.69 bits per heavy atom. The molecule has 0 saturated heterocycles. The number of carbonyl (C=O) groups is 2. The van der Waals surface area contributed by atoms with Crippen LogP contribution in [-0.2, 0) is 27.2 Å². The van der Waals surface area contributed by atoms with Crippen LogP contribution in [0.15, 0.2) is 54.1 Å². The van der Waals surface area contributed by atoms with E-state index < -0.39 is 0 Å². The first kappa shape index (κ1) is 36.9. The van der Waals surface area contributed by atoms with E-state index in [-0.39, 0.29) is 35.3 Å². The van der Waals surface area contributed by atoms with Gasteiger partial charge in [0, 0.05) is 41.2 Å². The van der Waals surface area contributed by atoms with Crippen molar-refractivity contribution in [2.24, 2.45) is 28.6 Å². The van der Waals surface area contributed by atoms with Gasteiger partial charge in [-0.25, -0.2) is 0 Å². The third-order valence-corrected chi connectivity index (χ3v) is 12.9. The minimum Gasteiger partial charge on any atom is -0.462 e. The molecule has 0 N–H and O–H groups in total. The number of halogens is 2. The van der Waals surface area contributed by atoms with Crippen LogP contribution in [0.2, 0.25) is 5.02 Å². The number of allylic oxidation sites excluding steroid dienone is 1. The maximum Gasteiger partial charge on any atom is 0.305 e. The quantitative estimate of drug-likeness (QED) is 0.282. The SMILES string of the molecule is CCC(=O)OC1CCC2C3CCC4=CC(=O)CCC4(C)C3CCC12C.CN(C)CCCN1c2ccccc2CCc2ccc(Cl)cc21.Cl. The summed E-state index contributed by atoms with van der Waals surface area (Å²) in [5, 5.41) is 0.816. The first-order chi connectivity index (χ1) is 22.5. The van der Waals surface area contributed by atoms with Crippen LogP contribution in [0.25, 0.3) is 0 Å². The molecule has 48 heavy (non-hydrogen) atoms. The minimum absolute atomic E-state index is 0. The molecular weight excluding hydrogens is 639 g/mol. The molecule has 4 aliphatic carbocycles. The lowest BCUT2D eigenvalue weighted by molar-refractivity contribution is -0.159. The topological polar surface area (TPSA) is 49.9 Å². The number of carbonyl (C=O) groups excluding carboxylic acids is 2. The molecule has 1 heterocycles. The van der Waals surface area contributed by atoms with Crippen molar-refractivity contribution in [2.45, 2.75) is 104 Å². The van der Waals surface area contributed by atoms with Crippen LogP contribution >= 0.6 is 24.0 Å². The number of benzene rings is 2. The number of rotatable bonds is 6. The normalized spacial score (nSPS) is 30.2. The monoisotopic (exact) mass is 694 g/mol. The van der Waals surface area contributed by atoms with Crippen molar-refractivity contribution in [3.63, 3.8) is 0 Å². The summed E-state index contributed by atoms with van der Waals surface area (Å²) in [5.41, 5.74) is 7.26. The van der Waals surface area contributed by atoms with Crippen molar-refractivity contribution < 1.29 is 14.3 Å². The lowest BCUT2D eigenvalue weighted by atomic mass is 9.47. The second-order valence-electron chi connectivity index (χ2n) is 15.6. The third-order valence-electron chi connectivity index (χ3n) is 12.7. The Hall–Kier alpha value is -2.34. The van der Waals surface area contributed by atoms with Gasteiger partial charge < -0.3 is 14.5 Å². The molecule has 262 valence electrons. The molecule has 1 aliphatic heterocycles. The molecule has 6 atom stereocenters. The summed E-state index contributed by atoms with van der Waals surface area (Å²) < 4.78 is 5.86. The van der Waals surface area contributed by atoms with Crippen LogP contribution < -0.4 is 4.90 Å². The predicted molar refractivity (Wildman–Crippen MR) is 200 cm³/mol. The fourth-order valence-electron chi connectivity index (χ4n) is 10.1. The summed E-state index contributed by atoms with van der Waals surface area (Å²) in [7, 11) is 4.25. The first-order valence-electron chi connectivity index (χ1n) is 18.3. The van der Waals surface area contributed by atoms with E-state index in [0.717, 1.165) is 75.4 Å². The molecule has 0 radical (unpaired) electrons. The molecule has 3 fully saturated rings. The van der Waals surface area contributed by atoms with Crippen molar-refractivity contribution in [3.8, 4) is 0 Å². The van der Waals surface area contributed by atoms with Crippen molar-refractivity contribution in [1.82, 2.24) is 4.90 Å². The molecule has 0 bridgehead atoms. The van der Waals surface area contributed by atoms with Crippen LogP contribution in [0.3, 0.4) is 0 Å². The molecule has 6 unspecified atom stereocenters. The number of para-hydroxylation sites is 1. The van der Waals surface area contributed by atoms with Gasteiger partial charge in [0.05, 0.1) is 0 Å². The van der Waals surface area contributed by atoms with E-state index in [0.29, 0.717) is 24.0 Å². The predicted octanol–water partition coefficient (Wildman–Crippen LogP) is 9.79. The average Bonchev–Trinajstić information content (AvgIpc) is 3.30. The van der Waals surface area contributed by atoms with E-state index in [1.54, 1.807) is 0 Å². The Morgan fingerprint density at radius 3 is 2.44 bits per heavy atom. The van der Waals surface area contributed by atoms with E-state index in [9.17, 15) is 9.59 Å². The lowest BCUT2D eigenvalue weighted by Crippen LogP contribution is -2.51. The molecular formula is C41H56Cl2N2O3. The van der Waals surface area contributed by atoms with Gasteiger partial charge in [0.2, 0.25) is 0 Å². The highest BCUT2D eigenvalue weighted by Gasteiger charge is 2.59. The Labute approximate surface area is 300 Å². The number of hydrogen-bond donors (Lipinski definition) is 0. The lowest BCUT2D eigenvalue weighted by Gasteiger charge is -2.57. The molecule has 2 aromatic carbocycles. The summed E-state index contributed by atoms with van der Waals surface area (Å²) in [4.78, 5) is 28.5. The first-order valence-corrected chi connectivity index (χ1v) is 18.6. The Kier molecular flexibility index (Phi) is 11.7. The van der Waals surface area contributed by atoms with Crippen LogP contribution in [0.1, 0.15) is 96.1 Å². The van der Waals surface area contributed by atoms with Gasteiger partial charge in [-0.2, -0.15) is 0 Å². The van der Waals surface area contributed by atoms with Crippen molar-refractivity contribution in [1.29, 1.82) is 0 Å². The highest BCUT2D eigenvalue weighted by Crippen LogP contribution is 2.65. The molecule has 7 rings (SSSR count). The van der Waals surface area contributed by atoms with Crippen LogP contribution in [0, 0.1) is 28.6 Å². The number of fused-ring (bicyclic) bond motifs is 7. The van der Waals surface area contributed by atoms with E-state index in [4.69, 9.17) is 16.3 Å². The van der Waals surface area contributed by atoms with Crippen molar-refractivity contribution >= 4 is 47.1 Å². The highest BCUT2D eigenvalue weighted by molar-refractivity contribution is 6.30. The molecule has 5 nitrogen and oxygen atoms in total. The van der Waals surface area contributed by atoms with Gasteiger partial charge in [-0.15, -0.1) is 12.4 Å². The number of ketones is 1. The van der Waals surface area contributed by atoms with Crippen LogP contribution in [0.5, 0.6) is 0 Å². The Balaban J connectivity index is 0.000000186. The van der Waals surface area contributed by atoms with Crippen LogP contribution in [0.4, 0.5) is 11.4 Å². The number of aryl methyl sites for hydroxylation is 2. The summed E-state index contributed by atoms with van der Waals surface area (Å²) >= 11 is 6.27. The van der Waals surface area contributed by atoms with E-state index in [1.807, 2.05) is 19.1 Å². The standard InChI is InChI=1S/C22H32O3.C19H23ClN2.ClH/c1-4-20(24)25-19-8-7-17-16-6-5-14-13-15(23)9-11-21(14,2)18(16)10-12-22(17,19)3;1-21(2)12-5-13-22-18-7-4-3-6-15(18)8-9-16-10-11-17(20)14-19(16)22;/h13,16-19H,4-12H2,1-3H3;3-4,6-7,10-11,14H,5,8-9,12-13H2,1-2H3;1H. The Morgan fingerprint density at radius 1 is 0.938 bits per heavy atom. The summed E-state index contributed by atoms with van der Waals surface area (Å²) in [5.74, 6) is 2.41. The zero-order chi connectivity index (χ0) is 33.3. The molecule has 0 amide bonds. The molecule has 3 saturated carbocycles. The van der Waals surface area contributed by atoms with Crippen molar-refractivity contribution in [2.75, 3.05) is 32.1 Å². The highest BCUT2D eigenvalue weighted by atomic mass is 35.5. The third kappa shape index (κ3) is 7.25. The van der Waals surface area contributed by atoms with Gasteiger partial charge in [0.15, 0.2) is 5.78 Å². The van der Waals surface area contributed by atoms with Gasteiger partial charge >= 0.3 is 5.97 Å². The van der Waals surface area contributed by atoms with Gasteiger partial charge in [0.25, 0.3) is 0 Å². The Bertz CT molecular complexity index is 1510. The molecule has 0 spiro atoms. The maximum absolute atomic E-state index is 11.9. The van der Waals surface area contributed by atoms with Gasteiger partial charge in [0.1, 0.15) is 6.10 Å². The number of ether oxygens (including phenoxy) is 1. The zero-order valence-corrected chi connectivity index (χ0v) is 31.3. The van der Waals surface area contributed by atoms with E-state index >= 15 is 0 Å². The van der Waals surface area contributed by atoms with Crippen LogP contribution in [-0.4, -0.2) is 49.9 Å².